The van der Waals surface area contributed by atoms with Crippen LogP contribution in [0.25, 0.3) is 16.9 Å². The standard InChI is InChI=1S/C12H6Cl2FN3S/c13-7-4-6(15)5-8(14)10(7)18-11-9(17-12(18)19)2-1-3-16-11/h1-5H,(H,17,19). The first-order valence-electron chi connectivity index (χ1n) is 5.28. The van der Waals surface area contributed by atoms with E-state index in [9.17, 15) is 4.39 Å². The second-order valence-corrected chi connectivity index (χ2v) is 5.06. The number of pyridine rings is 1. The normalized spacial score (nSPS) is 11.1. The molecular weight excluding hydrogens is 308 g/mol. The molecule has 0 bridgehead atoms. The summed E-state index contributed by atoms with van der Waals surface area (Å²) in [4.78, 5) is 7.24. The predicted octanol–water partition coefficient (Wildman–Crippen LogP) is 4.53. The zero-order valence-corrected chi connectivity index (χ0v) is 11.7. The Kier molecular flexibility index (Phi) is 3.05. The first-order valence-corrected chi connectivity index (χ1v) is 6.45. The van der Waals surface area contributed by atoms with Gasteiger partial charge < -0.3 is 4.98 Å². The first-order chi connectivity index (χ1) is 9.08. The van der Waals surface area contributed by atoms with Gasteiger partial charge in [-0.25, -0.2) is 9.37 Å². The highest BCUT2D eigenvalue weighted by atomic mass is 35.5. The number of nitrogens with one attached hydrogen (secondary N) is 1. The zero-order valence-electron chi connectivity index (χ0n) is 9.32. The first kappa shape index (κ1) is 12.6. The van der Waals surface area contributed by atoms with Gasteiger partial charge in [0.05, 0.1) is 21.2 Å². The topological polar surface area (TPSA) is 33.6 Å². The van der Waals surface area contributed by atoms with E-state index in [1.165, 1.54) is 12.1 Å². The van der Waals surface area contributed by atoms with Crippen LogP contribution in [0.1, 0.15) is 0 Å². The third-order valence-corrected chi connectivity index (χ3v) is 3.51. The average Bonchev–Trinajstić information content (AvgIpc) is 2.65. The average molecular weight is 314 g/mol. The molecule has 7 heteroatoms. The van der Waals surface area contributed by atoms with Crippen molar-refractivity contribution in [2.75, 3.05) is 0 Å². The largest absolute Gasteiger partial charge is 0.329 e. The molecule has 0 atom stereocenters. The SMILES string of the molecule is Fc1cc(Cl)c(-n2c(=S)[nH]c3cccnc32)c(Cl)c1. The Bertz CT molecular complexity index is 817. The Balaban J connectivity index is 2.43. The molecule has 0 spiro atoms. The number of hydrogen-bond donors (Lipinski definition) is 1. The number of aromatic amines is 1. The van der Waals surface area contributed by atoms with E-state index in [0.717, 1.165) is 5.52 Å². The third kappa shape index (κ3) is 2.04. The summed E-state index contributed by atoms with van der Waals surface area (Å²) in [5.74, 6) is -0.502. The lowest BCUT2D eigenvalue weighted by atomic mass is 10.3. The third-order valence-electron chi connectivity index (χ3n) is 2.65. The van der Waals surface area contributed by atoms with Crippen molar-refractivity contribution in [2.24, 2.45) is 0 Å². The van der Waals surface area contributed by atoms with Gasteiger partial charge in [0.2, 0.25) is 0 Å². The van der Waals surface area contributed by atoms with Gasteiger partial charge in [-0.1, -0.05) is 23.2 Å². The number of halogens is 3. The van der Waals surface area contributed by atoms with Crippen LogP contribution in [0.3, 0.4) is 0 Å². The van der Waals surface area contributed by atoms with E-state index in [2.05, 4.69) is 9.97 Å². The molecule has 3 nitrogen and oxygen atoms in total. The molecule has 0 amide bonds. The van der Waals surface area contributed by atoms with E-state index in [1.807, 2.05) is 6.07 Å². The van der Waals surface area contributed by atoms with E-state index in [1.54, 1.807) is 16.8 Å². The minimum absolute atomic E-state index is 0.174. The summed E-state index contributed by atoms with van der Waals surface area (Å²) in [6.07, 6.45) is 1.63. The van der Waals surface area contributed by atoms with Crippen molar-refractivity contribution in [1.29, 1.82) is 0 Å². The maximum absolute atomic E-state index is 13.2. The Morgan fingerprint density at radius 3 is 2.63 bits per heavy atom. The molecule has 0 fully saturated rings. The van der Waals surface area contributed by atoms with Crippen molar-refractivity contribution < 1.29 is 4.39 Å². The summed E-state index contributed by atoms with van der Waals surface area (Å²) >= 11 is 17.4. The van der Waals surface area contributed by atoms with Crippen molar-refractivity contribution >= 4 is 46.6 Å². The Labute approximate surface area is 122 Å². The summed E-state index contributed by atoms with van der Waals surface area (Å²) < 4.78 is 15.2. The Hall–Kier alpha value is -1.43. The number of nitrogens with zero attached hydrogens (tertiary/aromatic N) is 2. The molecule has 0 saturated heterocycles. The van der Waals surface area contributed by atoms with Gasteiger partial charge >= 0.3 is 0 Å². The fourth-order valence-corrected chi connectivity index (χ4v) is 2.81. The van der Waals surface area contributed by atoms with E-state index in [-0.39, 0.29) is 10.0 Å². The maximum atomic E-state index is 13.2. The fraction of sp³-hybridized carbons (Fsp3) is 0. The lowest BCUT2D eigenvalue weighted by Crippen LogP contribution is -1.98. The van der Waals surface area contributed by atoms with Gasteiger partial charge in [-0.15, -0.1) is 0 Å². The lowest BCUT2D eigenvalue weighted by Gasteiger charge is -2.08. The van der Waals surface area contributed by atoms with Gasteiger partial charge in [0.15, 0.2) is 10.4 Å². The summed E-state index contributed by atoms with van der Waals surface area (Å²) in [5.41, 5.74) is 1.76. The van der Waals surface area contributed by atoms with E-state index in [4.69, 9.17) is 35.4 Å². The predicted molar refractivity (Wildman–Crippen MR) is 76.2 cm³/mol. The Morgan fingerprint density at radius 2 is 1.95 bits per heavy atom. The van der Waals surface area contributed by atoms with E-state index < -0.39 is 5.82 Å². The molecule has 0 radical (unpaired) electrons. The lowest BCUT2D eigenvalue weighted by molar-refractivity contribution is 0.627. The second kappa shape index (κ2) is 4.59. The number of aromatic nitrogens is 3. The summed E-state index contributed by atoms with van der Waals surface area (Å²) in [6, 6.07) is 5.99. The van der Waals surface area contributed by atoms with E-state index >= 15 is 0 Å². The van der Waals surface area contributed by atoms with Gasteiger partial charge in [-0.05, 0) is 36.5 Å². The quantitative estimate of drug-likeness (QED) is 0.670. The van der Waals surface area contributed by atoms with Gasteiger partial charge in [0.25, 0.3) is 0 Å². The van der Waals surface area contributed by atoms with Gasteiger partial charge in [0.1, 0.15) is 5.82 Å². The van der Waals surface area contributed by atoms with Crippen LogP contribution in [-0.2, 0) is 0 Å². The highest BCUT2D eigenvalue weighted by Crippen LogP contribution is 2.32. The Morgan fingerprint density at radius 1 is 1.26 bits per heavy atom. The van der Waals surface area contributed by atoms with Crippen molar-refractivity contribution in [1.82, 2.24) is 14.5 Å². The molecule has 3 rings (SSSR count). The molecule has 0 aliphatic heterocycles. The van der Waals surface area contributed by atoms with Crippen LogP contribution in [0, 0.1) is 10.6 Å². The van der Waals surface area contributed by atoms with Crippen molar-refractivity contribution in [3.63, 3.8) is 0 Å². The van der Waals surface area contributed by atoms with E-state index in [0.29, 0.717) is 16.1 Å². The molecule has 0 saturated carbocycles. The summed E-state index contributed by atoms with van der Waals surface area (Å²) in [6.45, 7) is 0. The van der Waals surface area contributed by atoms with Gasteiger partial charge in [-0.3, -0.25) is 4.57 Å². The van der Waals surface area contributed by atoms with Crippen LogP contribution in [0.15, 0.2) is 30.5 Å². The van der Waals surface area contributed by atoms with Gasteiger partial charge in [0, 0.05) is 6.20 Å². The number of H-pyrrole nitrogens is 1. The zero-order chi connectivity index (χ0) is 13.6. The summed E-state index contributed by atoms with van der Waals surface area (Å²) in [7, 11) is 0. The maximum Gasteiger partial charge on any atom is 0.184 e. The molecule has 1 aromatic carbocycles. The molecule has 0 aliphatic carbocycles. The van der Waals surface area contributed by atoms with Crippen LogP contribution >= 0.6 is 35.4 Å². The number of benzene rings is 1. The fourth-order valence-electron chi connectivity index (χ4n) is 1.90. The number of hydrogen-bond acceptors (Lipinski definition) is 2. The second-order valence-electron chi connectivity index (χ2n) is 3.86. The molecule has 0 unspecified atom stereocenters. The smallest absolute Gasteiger partial charge is 0.184 e. The minimum Gasteiger partial charge on any atom is -0.329 e. The van der Waals surface area contributed by atoms with Crippen LogP contribution in [-0.4, -0.2) is 14.5 Å². The van der Waals surface area contributed by atoms with Crippen molar-refractivity contribution in [3.8, 4) is 5.69 Å². The van der Waals surface area contributed by atoms with Gasteiger partial charge in [-0.2, -0.15) is 0 Å². The van der Waals surface area contributed by atoms with Crippen LogP contribution in [0.5, 0.6) is 0 Å². The number of imidazole rings is 1. The molecule has 1 N–H and O–H groups in total. The highest BCUT2D eigenvalue weighted by molar-refractivity contribution is 7.71. The molecule has 19 heavy (non-hydrogen) atoms. The monoisotopic (exact) mass is 313 g/mol. The number of rotatable bonds is 1. The van der Waals surface area contributed by atoms with Crippen molar-refractivity contribution in [3.05, 3.63) is 51.1 Å². The summed E-state index contributed by atoms with van der Waals surface area (Å²) in [5, 5.41) is 0.348. The van der Waals surface area contributed by atoms with Crippen LogP contribution in [0.2, 0.25) is 10.0 Å². The number of fused-ring (bicyclic) bond motifs is 1. The molecule has 2 aromatic heterocycles. The van der Waals surface area contributed by atoms with Crippen LogP contribution < -0.4 is 0 Å². The molecule has 96 valence electrons. The van der Waals surface area contributed by atoms with Crippen LogP contribution in [0.4, 0.5) is 4.39 Å². The molecule has 3 aromatic rings. The molecule has 0 aliphatic rings. The minimum atomic E-state index is -0.502. The highest BCUT2D eigenvalue weighted by Gasteiger charge is 2.15. The van der Waals surface area contributed by atoms with Crippen molar-refractivity contribution in [2.45, 2.75) is 0 Å². The molecular formula is C12H6Cl2FN3S. The molecule has 2 heterocycles.